The lowest BCUT2D eigenvalue weighted by molar-refractivity contribution is -0.479. The fraction of sp³-hybridized carbons (Fsp3) is 0.200. The third-order valence-corrected chi connectivity index (χ3v) is 7.11. The van der Waals surface area contributed by atoms with Crippen molar-refractivity contribution in [1.82, 2.24) is 14.8 Å². The van der Waals surface area contributed by atoms with Crippen LogP contribution in [-0.2, 0) is 6.61 Å². The summed E-state index contributed by atoms with van der Waals surface area (Å²) in [5, 5.41) is 19.6. The number of thioether (sulfide) groups is 1. The van der Waals surface area contributed by atoms with E-state index in [0.717, 1.165) is 11.8 Å². The highest BCUT2D eigenvalue weighted by molar-refractivity contribution is 9.10. The normalized spacial score (nSPS) is 11.8. The van der Waals surface area contributed by atoms with Crippen molar-refractivity contribution in [3.63, 3.8) is 0 Å². The van der Waals surface area contributed by atoms with Gasteiger partial charge in [0.2, 0.25) is 6.54 Å². The van der Waals surface area contributed by atoms with E-state index < -0.39 is 16.7 Å². The van der Waals surface area contributed by atoms with Crippen molar-refractivity contribution in [2.75, 3.05) is 13.7 Å². The second-order valence-electron chi connectivity index (χ2n) is 7.92. The molecule has 0 fully saturated rings. The molecule has 0 aliphatic rings. The van der Waals surface area contributed by atoms with Crippen LogP contribution in [0.4, 0.5) is 8.78 Å². The summed E-state index contributed by atoms with van der Waals surface area (Å²) in [5.74, 6) is 0.530. The molecule has 0 bridgehead atoms. The molecule has 0 saturated carbocycles. The molecule has 37 heavy (non-hydrogen) atoms. The van der Waals surface area contributed by atoms with E-state index in [1.807, 2.05) is 0 Å². The number of nitrogens with zero attached hydrogens (tertiary/aromatic N) is 4. The number of nitro groups is 1. The molecule has 0 amide bonds. The second kappa shape index (κ2) is 11.7. The number of halogens is 3. The Morgan fingerprint density at radius 3 is 2.54 bits per heavy atom. The van der Waals surface area contributed by atoms with Crippen molar-refractivity contribution in [2.24, 2.45) is 0 Å². The van der Waals surface area contributed by atoms with Crippen molar-refractivity contribution in [3.05, 3.63) is 104 Å². The topological polar surface area (TPSA) is 92.3 Å². The summed E-state index contributed by atoms with van der Waals surface area (Å²) < 4.78 is 40.6. The van der Waals surface area contributed by atoms with Crippen molar-refractivity contribution in [2.45, 2.75) is 23.9 Å². The van der Waals surface area contributed by atoms with Gasteiger partial charge in [0.15, 0.2) is 16.7 Å². The summed E-state index contributed by atoms with van der Waals surface area (Å²) in [5.41, 5.74) is 1.86. The largest absolute Gasteiger partial charge is 0.493 e. The van der Waals surface area contributed by atoms with Gasteiger partial charge < -0.3 is 9.47 Å². The summed E-state index contributed by atoms with van der Waals surface area (Å²) in [6.07, 6.45) is 0. The third kappa shape index (κ3) is 6.44. The van der Waals surface area contributed by atoms with E-state index in [2.05, 4.69) is 26.1 Å². The van der Waals surface area contributed by atoms with E-state index in [4.69, 9.17) is 9.47 Å². The minimum Gasteiger partial charge on any atom is -0.493 e. The van der Waals surface area contributed by atoms with Gasteiger partial charge in [-0.05, 0) is 82.5 Å². The number of methoxy groups -OCH3 is 1. The Hall–Kier alpha value is -3.51. The molecule has 192 valence electrons. The second-order valence-corrected chi connectivity index (χ2v) is 9.94. The van der Waals surface area contributed by atoms with Gasteiger partial charge in [-0.25, -0.2) is 8.78 Å². The Bertz CT molecular complexity index is 1420. The van der Waals surface area contributed by atoms with Gasteiger partial charge in [-0.1, -0.05) is 23.9 Å². The summed E-state index contributed by atoms with van der Waals surface area (Å²) in [7, 11) is 1.46. The molecule has 0 radical (unpaired) electrons. The van der Waals surface area contributed by atoms with Crippen LogP contribution in [0.2, 0.25) is 0 Å². The van der Waals surface area contributed by atoms with Crippen molar-refractivity contribution >= 4 is 27.7 Å². The van der Waals surface area contributed by atoms with Crippen LogP contribution in [-0.4, -0.2) is 33.3 Å². The van der Waals surface area contributed by atoms with E-state index in [1.54, 1.807) is 47.9 Å². The molecule has 0 spiro atoms. The fourth-order valence-corrected chi connectivity index (χ4v) is 5.36. The molecule has 12 heteroatoms. The molecule has 0 unspecified atom stereocenters. The van der Waals surface area contributed by atoms with Crippen LogP contribution in [0, 0.1) is 28.7 Å². The van der Waals surface area contributed by atoms with E-state index in [-0.39, 0.29) is 18.2 Å². The Labute approximate surface area is 223 Å². The molecular formula is C25H21BrF2N4O4S. The van der Waals surface area contributed by atoms with Gasteiger partial charge in [0.1, 0.15) is 29.3 Å². The standard InChI is InChI=1S/C25H21BrF2N4O4S/c1-15-29-30-25(32(15)20-8-6-18(27)7-9-20)37-23(13-31(33)34)17-11-21(26)24(22(12-17)35-2)36-14-16-4-3-5-19(28)10-16/h3-12,23H,13-14H2,1-2H3/t23-/m0/s1. The third-order valence-electron chi connectivity index (χ3n) is 5.34. The highest BCUT2D eigenvalue weighted by atomic mass is 79.9. The number of hydrogen-bond acceptors (Lipinski definition) is 7. The molecule has 0 N–H and O–H groups in total. The monoisotopic (exact) mass is 590 g/mol. The SMILES string of the molecule is COc1cc([C@H](C[N+](=O)[O-])Sc2nnc(C)n2-c2ccc(F)cc2)cc(Br)c1OCc1cccc(F)c1. The van der Waals surface area contributed by atoms with Gasteiger partial charge in [-0.15, -0.1) is 10.2 Å². The lowest BCUT2D eigenvalue weighted by Gasteiger charge is -2.18. The number of ether oxygens (including phenoxy) is 2. The number of hydrogen-bond donors (Lipinski definition) is 0. The van der Waals surface area contributed by atoms with Gasteiger partial charge in [0, 0.05) is 10.6 Å². The average Bonchev–Trinajstić information content (AvgIpc) is 3.22. The molecule has 4 rings (SSSR count). The summed E-state index contributed by atoms with van der Waals surface area (Å²) in [6, 6.07) is 15.2. The van der Waals surface area contributed by atoms with Crippen LogP contribution in [0.1, 0.15) is 22.2 Å². The zero-order chi connectivity index (χ0) is 26.5. The predicted octanol–water partition coefficient (Wildman–Crippen LogP) is 6.31. The Morgan fingerprint density at radius 2 is 1.86 bits per heavy atom. The minimum atomic E-state index is -0.666. The summed E-state index contributed by atoms with van der Waals surface area (Å²) in [4.78, 5) is 11.2. The molecule has 4 aromatic rings. The van der Waals surface area contributed by atoms with Crippen LogP contribution in [0.3, 0.4) is 0 Å². The fourth-order valence-electron chi connectivity index (χ4n) is 3.63. The van der Waals surface area contributed by atoms with Crippen molar-refractivity contribution in [3.8, 4) is 17.2 Å². The number of aryl methyl sites for hydroxylation is 1. The molecule has 8 nitrogen and oxygen atoms in total. The van der Waals surface area contributed by atoms with Gasteiger partial charge in [-0.2, -0.15) is 0 Å². The zero-order valence-electron chi connectivity index (χ0n) is 19.7. The first kappa shape index (κ1) is 26.6. The Morgan fingerprint density at radius 1 is 1.11 bits per heavy atom. The molecule has 1 atom stereocenters. The average molecular weight is 591 g/mol. The minimum absolute atomic E-state index is 0.0964. The maximum absolute atomic E-state index is 13.5. The van der Waals surface area contributed by atoms with Crippen LogP contribution >= 0.6 is 27.7 Å². The lowest BCUT2D eigenvalue weighted by atomic mass is 10.1. The van der Waals surface area contributed by atoms with E-state index in [9.17, 15) is 18.9 Å². The molecular weight excluding hydrogens is 570 g/mol. The van der Waals surface area contributed by atoms with Crippen molar-refractivity contribution in [1.29, 1.82) is 0 Å². The molecule has 0 saturated heterocycles. The molecule has 0 aliphatic carbocycles. The first-order valence-electron chi connectivity index (χ1n) is 11.0. The first-order chi connectivity index (χ1) is 17.7. The van der Waals surface area contributed by atoms with Gasteiger partial charge in [0.25, 0.3) is 0 Å². The Balaban J connectivity index is 1.65. The van der Waals surface area contributed by atoms with Gasteiger partial charge >= 0.3 is 0 Å². The first-order valence-corrected chi connectivity index (χ1v) is 12.6. The quantitative estimate of drug-likeness (QED) is 0.121. The smallest absolute Gasteiger partial charge is 0.220 e. The highest BCUT2D eigenvalue weighted by Crippen LogP contribution is 2.43. The van der Waals surface area contributed by atoms with Crippen LogP contribution in [0.5, 0.6) is 11.5 Å². The van der Waals surface area contributed by atoms with Gasteiger partial charge in [-0.3, -0.25) is 14.7 Å². The number of rotatable bonds is 10. The summed E-state index contributed by atoms with van der Waals surface area (Å²) in [6.45, 7) is 1.44. The van der Waals surface area contributed by atoms with E-state index in [0.29, 0.717) is 43.8 Å². The predicted molar refractivity (Wildman–Crippen MR) is 138 cm³/mol. The lowest BCUT2D eigenvalue weighted by Crippen LogP contribution is -2.12. The number of benzene rings is 3. The van der Waals surface area contributed by atoms with Crippen molar-refractivity contribution < 1.29 is 23.2 Å². The molecule has 0 aliphatic heterocycles. The van der Waals surface area contributed by atoms with Gasteiger partial charge in [0.05, 0.1) is 11.6 Å². The van der Waals surface area contributed by atoms with Crippen LogP contribution < -0.4 is 9.47 Å². The van der Waals surface area contributed by atoms with Crippen LogP contribution in [0.15, 0.2) is 70.3 Å². The summed E-state index contributed by atoms with van der Waals surface area (Å²) >= 11 is 4.64. The van der Waals surface area contributed by atoms with Crippen LogP contribution in [0.25, 0.3) is 5.69 Å². The Kier molecular flexibility index (Phi) is 8.39. The van der Waals surface area contributed by atoms with E-state index in [1.165, 1.54) is 31.4 Å². The molecule has 1 heterocycles. The molecule has 3 aromatic carbocycles. The number of aromatic nitrogens is 3. The zero-order valence-corrected chi connectivity index (χ0v) is 22.1. The maximum Gasteiger partial charge on any atom is 0.220 e. The maximum atomic E-state index is 13.5. The van der Waals surface area contributed by atoms with E-state index >= 15 is 0 Å². The molecule has 1 aromatic heterocycles. The highest BCUT2D eigenvalue weighted by Gasteiger charge is 2.26.